The minimum absolute atomic E-state index is 0.230. The van der Waals surface area contributed by atoms with Gasteiger partial charge in [-0.15, -0.1) is 0 Å². The molecule has 0 N–H and O–H groups in total. The van der Waals surface area contributed by atoms with Crippen LogP contribution < -0.4 is 4.74 Å². The third-order valence-electron chi connectivity index (χ3n) is 4.06. The van der Waals surface area contributed by atoms with Crippen molar-refractivity contribution in [3.05, 3.63) is 65.5 Å². The van der Waals surface area contributed by atoms with Gasteiger partial charge in [0, 0.05) is 5.56 Å². The van der Waals surface area contributed by atoms with E-state index in [-0.39, 0.29) is 16.5 Å². The first-order chi connectivity index (χ1) is 11.6. The molecule has 3 aromatic carbocycles. The second-order valence-electron chi connectivity index (χ2n) is 5.50. The van der Waals surface area contributed by atoms with Gasteiger partial charge in [-0.25, -0.2) is 13.2 Å². The molecule has 124 valence electrons. The number of aryl methyl sites for hydroxylation is 1. The van der Waals surface area contributed by atoms with Gasteiger partial charge in [-0.1, -0.05) is 31.2 Å². The van der Waals surface area contributed by atoms with E-state index < -0.39 is 17.5 Å². The Kier molecular flexibility index (Phi) is 4.47. The third kappa shape index (κ3) is 2.73. The summed E-state index contributed by atoms with van der Waals surface area (Å²) in [5.41, 5.74) is 1.05. The van der Waals surface area contributed by atoms with Crippen molar-refractivity contribution in [3.63, 3.8) is 0 Å². The Morgan fingerprint density at radius 2 is 1.54 bits per heavy atom. The molecule has 0 heterocycles. The fourth-order valence-electron chi connectivity index (χ4n) is 2.81. The molecule has 0 saturated carbocycles. The normalized spacial score (nSPS) is 11.0. The van der Waals surface area contributed by atoms with E-state index in [9.17, 15) is 13.2 Å². The van der Waals surface area contributed by atoms with Gasteiger partial charge >= 0.3 is 0 Å². The summed E-state index contributed by atoms with van der Waals surface area (Å²) in [5.74, 6) is -2.19. The Balaban J connectivity index is 2.16. The quantitative estimate of drug-likeness (QED) is 0.580. The van der Waals surface area contributed by atoms with E-state index in [2.05, 4.69) is 0 Å². The zero-order chi connectivity index (χ0) is 17.3. The van der Waals surface area contributed by atoms with Gasteiger partial charge in [-0.05, 0) is 48.1 Å². The molecule has 4 heteroatoms. The molecule has 0 spiro atoms. The number of benzene rings is 3. The zero-order valence-electron chi connectivity index (χ0n) is 13.5. The van der Waals surface area contributed by atoms with Crippen LogP contribution in [0.2, 0.25) is 0 Å². The van der Waals surface area contributed by atoms with Crippen LogP contribution in [0.25, 0.3) is 21.9 Å². The molecule has 3 aromatic rings. The van der Waals surface area contributed by atoms with Gasteiger partial charge < -0.3 is 4.74 Å². The van der Waals surface area contributed by atoms with E-state index >= 15 is 0 Å². The Morgan fingerprint density at radius 3 is 2.17 bits per heavy atom. The highest BCUT2D eigenvalue weighted by Crippen LogP contribution is 2.33. The third-order valence-corrected chi connectivity index (χ3v) is 4.06. The summed E-state index contributed by atoms with van der Waals surface area (Å²) in [6, 6.07) is 11.5. The SMILES string of the molecule is CCOc1ccc(-c2ccc3cc(CC)c(F)c(F)c3c2F)cc1. The van der Waals surface area contributed by atoms with E-state index in [0.29, 0.717) is 29.7 Å². The Labute approximate surface area is 138 Å². The highest BCUT2D eigenvalue weighted by molar-refractivity contribution is 5.89. The number of fused-ring (bicyclic) bond motifs is 1. The number of hydrogen-bond acceptors (Lipinski definition) is 1. The predicted octanol–water partition coefficient (Wildman–Crippen LogP) is 5.89. The lowest BCUT2D eigenvalue weighted by molar-refractivity contribution is 0.340. The van der Waals surface area contributed by atoms with Gasteiger partial charge in [-0.2, -0.15) is 0 Å². The molecule has 0 aromatic heterocycles. The highest BCUT2D eigenvalue weighted by atomic mass is 19.2. The van der Waals surface area contributed by atoms with Crippen LogP contribution in [0, 0.1) is 17.5 Å². The summed E-state index contributed by atoms with van der Waals surface area (Å²) in [6.07, 6.45) is 0.348. The zero-order valence-corrected chi connectivity index (χ0v) is 13.5. The van der Waals surface area contributed by atoms with Crippen LogP contribution in [0.5, 0.6) is 5.75 Å². The van der Waals surface area contributed by atoms with Crippen molar-refractivity contribution < 1.29 is 17.9 Å². The number of ether oxygens (including phenoxy) is 1. The predicted molar refractivity (Wildman–Crippen MR) is 89.8 cm³/mol. The maximum absolute atomic E-state index is 14.8. The molecule has 0 fully saturated rings. The van der Waals surface area contributed by atoms with Gasteiger partial charge in [0.2, 0.25) is 0 Å². The van der Waals surface area contributed by atoms with Crippen molar-refractivity contribution in [2.24, 2.45) is 0 Å². The minimum Gasteiger partial charge on any atom is -0.494 e. The molecule has 0 saturated heterocycles. The molecule has 0 aliphatic heterocycles. The average Bonchev–Trinajstić information content (AvgIpc) is 2.59. The number of halogens is 3. The van der Waals surface area contributed by atoms with Crippen molar-refractivity contribution in [1.82, 2.24) is 0 Å². The standard InChI is InChI=1S/C20H17F3O/c1-3-12-11-14-7-10-16(19(22)17(14)20(23)18(12)21)13-5-8-15(9-6-13)24-4-2/h5-11H,3-4H2,1-2H3. The minimum atomic E-state index is -1.13. The Bertz CT molecular complexity index is 886. The lowest BCUT2D eigenvalue weighted by Crippen LogP contribution is -1.98. The van der Waals surface area contributed by atoms with Crippen molar-refractivity contribution in [2.75, 3.05) is 6.61 Å². The number of hydrogen-bond donors (Lipinski definition) is 0. The van der Waals surface area contributed by atoms with E-state index in [1.807, 2.05) is 6.92 Å². The van der Waals surface area contributed by atoms with Gasteiger partial charge in [0.05, 0.1) is 12.0 Å². The van der Waals surface area contributed by atoms with Crippen LogP contribution >= 0.6 is 0 Å². The number of rotatable bonds is 4. The maximum atomic E-state index is 14.8. The molecule has 0 aliphatic rings. The average molecular weight is 330 g/mol. The second-order valence-corrected chi connectivity index (χ2v) is 5.50. The largest absolute Gasteiger partial charge is 0.494 e. The monoisotopic (exact) mass is 330 g/mol. The highest BCUT2D eigenvalue weighted by Gasteiger charge is 2.18. The van der Waals surface area contributed by atoms with Gasteiger partial charge in [0.25, 0.3) is 0 Å². The van der Waals surface area contributed by atoms with Crippen LogP contribution in [0.3, 0.4) is 0 Å². The molecule has 1 nitrogen and oxygen atoms in total. The Morgan fingerprint density at radius 1 is 0.833 bits per heavy atom. The first-order valence-electron chi connectivity index (χ1n) is 7.89. The van der Waals surface area contributed by atoms with E-state index in [0.717, 1.165) is 0 Å². The lowest BCUT2D eigenvalue weighted by Gasteiger charge is -2.11. The molecule has 3 rings (SSSR count). The van der Waals surface area contributed by atoms with E-state index in [1.54, 1.807) is 43.3 Å². The van der Waals surface area contributed by atoms with Crippen molar-refractivity contribution in [3.8, 4) is 16.9 Å². The molecular formula is C20H17F3O. The fourth-order valence-corrected chi connectivity index (χ4v) is 2.81. The van der Waals surface area contributed by atoms with E-state index in [4.69, 9.17) is 4.74 Å². The first-order valence-corrected chi connectivity index (χ1v) is 7.89. The van der Waals surface area contributed by atoms with Gasteiger partial charge in [0.1, 0.15) is 11.6 Å². The van der Waals surface area contributed by atoms with Gasteiger partial charge in [-0.3, -0.25) is 0 Å². The van der Waals surface area contributed by atoms with Crippen molar-refractivity contribution in [1.29, 1.82) is 0 Å². The molecule has 0 atom stereocenters. The molecule has 24 heavy (non-hydrogen) atoms. The van der Waals surface area contributed by atoms with Crippen LogP contribution in [-0.4, -0.2) is 6.61 Å². The first kappa shape index (κ1) is 16.4. The summed E-state index contributed by atoms with van der Waals surface area (Å²) in [5, 5.41) is 0.0500. The molecular weight excluding hydrogens is 313 g/mol. The molecule has 0 radical (unpaired) electrons. The van der Waals surface area contributed by atoms with Gasteiger partial charge in [0.15, 0.2) is 11.6 Å². The van der Waals surface area contributed by atoms with Crippen LogP contribution in [0.15, 0.2) is 42.5 Å². The summed E-state index contributed by atoms with van der Waals surface area (Å²) in [6.45, 7) is 4.14. The maximum Gasteiger partial charge on any atom is 0.169 e. The summed E-state index contributed by atoms with van der Waals surface area (Å²) in [7, 11) is 0. The summed E-state index contributed by atoms with van der Waals surface area (Å²) < 4.78 is 48.6. The molecule has 0 aliphatic carbocycles. The molecule has 0 bridgehead atoms. The smallest absolute Gasteiger partial charge is 0.169 e. The summed E-state index contributed by atoms with van der Waals surface area (Å²) in [4.78, 5) is 0. The summed E-state index contributed by atoms with van der Waals surface area (Å²) >= 11 is 0. The second kappa shape index (κ2) is 6.56. The Hall–Kier alpha value is -2.49. The fraction of sp³-hybridized carbons (Fsp3) is 0.200. The van der Waals surface area contributed by atoms with Crippen LogP contribution in [0.1, 0.15) is 19.4 Å². The topological polar surface area (TPSA) is 9.23 Å². The van der Waals surface area contributed by atoms with Crippen molar-refractivity contribution in [2.45, 2.75) is 20.3 Å². The molecule has 0 unspecified atom stereocenters. The lowest BCUT2D eigenvalue weighted by atomic mass is 9.97. The van der Waals surface area contributed by atoms with Crippen LogP contribution in [0.4, 0.5) is 13.2 Å². The van der Waals surface area contributed by atoms with Crippen molar-refractivity contribution >= 4 is 10.8 Å². The van der Waals surface area contributed by atoms with E-state index in [1.165, 1.54) is 6.07 Å². The molecule has 0 amide bonds. The van der Waals surface area contributed by atoms with Crippen LogP contribution in [-0.2, 0) is 6.42 Å².